The van der Waals surface area contributed by atoms with Crippen molar-refractivity contribution < 1.29 is 14.1 Å². The third-order valence-electron chi connectivity index (χ3n) is 3.27. The fraction of sp³-hybridized carbons (Fsp3) is 0.500. The average Bonchev–Trinajstić information content (AvgIpc) is 2.34. The van der Waals surface area contributed by atoms with E-state index in [9.17, 15) is 14.5 Å². The zero-order chi connectivity index (χ0) is 13.1. The van der Waals surface area contributed by atoms with E-state index < -0.39 is 16.4 Å². The smallest absolute Gasteiger partial charge is 0.305 e. The van der Waals surface area contributed by atoms with Gasteiger partial charge < -0.3 is 10.5 Å². The predicted molar refractivity (Wildman–Crippen MR) is 63.7 cm³/mol. The van der Waals surface area contributed by atoms with Gasteiger partial charge in [0.2, 0.25) is 5.82 Å². The lowest BCUT2D eigenvalue weighted by molar-refractivity contribution is -0.387. The second kappa shape index (κ2) is 5.41. The van der Waals surface area contributed by atoms with E-state index in [1.807, 2.05) is 0 Å². The lowest BCUT2D eigenvalue weighted by Crippen LogP contribution is -2.39. The van der Waals surface area contributed by atoms with Crippen LogP contribution in [0.5, 0.6) is 0 Å². The maximum absolute atomic E-state index is 13.9. The Morgan fingerprint density at radius 3 is 3.00 bits per heavy atom. The Morgan fingerprint density at radius 2 is 2.33 bits per heavy atom. The van der Waals surface area contributed by atoms with Crippen molar-refractivity contribution in [3.63, 3.8) is 0 Å². The van der Waals surface area contributed by atoms with Crippen molar-refractivity contribution >= 4 is 5.69 Å². The van der Waals surface area contributed by atoms with Gasteiger partial charge in [-0.2, -0.15) is 4.39 Å². The molecule has 5 nitrogen and oxygen atoms in total. The van der Waals surface area contributed by atoms with Crippen molar-refractivity contribution in [2.24, 2.45) is 11.7 Å². The molecule has 0 amide bonds. The topological polar surface area (TPSA) is 78.4 Å². The summed E-state index contributed by atoms with van der Waals surface area (Å²) in [4.78, 5) is 9.93. The summed E-state index contributed by atoms with van der Waals surface area (Å²) < 4.78 is 19.2. The molecule has 1 aromatic carbocycles. The van der Waals surface area contributed by atoms with E-state index in [2.05, 4.69) is 0 Å². The molecular formula is C12H15FN2O3. The number of halogens is 1. The van der Waals surface area contributed by atoms with E-state index in [1.165, 1.54) is 6.07 Å². The Kier molecular flexibility index (Phi) is 3.88. The van der Waals surface area contributed by atoms with Crippen molar-refractivity contribution in [2.75, 3.05) is 13.2 Å². The molecule has 1 aliphatic rings. The molecule has 2 rings (SSSR count). The van der Waals surface area contributed by atoms with Crippen LogP contribution in [-0.2, 0) is 11.2 Å². The highest BCUT2D eigenvalue weighted by molar-refractivity contribution is 5.37. The SMILES string of the molecule is NC1CCOCC1Cc1cccc([N+](=O)[O-])c1F. The molecule has 6 heteroatoms. The highest BCUT2D eigenvalue weighted by Crippen LogP contribution is 2.25. The summed E-state index contributed by atoms with van der Waals surface area (Å²) in [6.45, 7) is 1.10. The van der Waals surface area contributed by atoms with Crippen LogP contribution in [0.15, 0.2) is 18.2 Å². The highest BCUT2D eigenvalue weighted by atomic mass is 19.1. The number of nitrogens with two attached hydrogens (primary N) is 1. The van der Waals surface area contributed by atoms with Gasteiger partial charge in [0, 0.05) is 24.6 Å². The normalized spacial score (nSPS) is 23.9. The maximum Gasteiger partial charge on any atom is 0.305 e. The van der Waals surface area contributed by atoms with Gasteiger partial charge in [0.25, 0.3) is 0 Å². The Bertz CT molecular complexity index is 453. The molecule has 2 N–H and O–H groups in total. The van der Waals surface area contributed by atoms with Crippen LogP contribution in [0, 0.1) is 21.8 Å². The molecule has 1 heterocycles. The molecule has 0 radical (unpaired) electrons. The van der Waals surface area contributed by atoms with Gasteiger partial charge in [-0.15, -0.1) is 0 Å². The summed E-state index contributed by atoms with van der Waals surface area (Å²) in [7, 11) is 0. The summed E-state index contributed by atoms with van der Waals surface area (Å²) >= 11 is 0. The molecule has 98 valence electrons. The number of rotatable bonds is 3. The lowest BCUT2D eigenvalue weighted by atomic mass is 9.90. The van der Waals surface area contributed by atoms with Crippen LogP contribution in [0.1, 0.15) is 12.0 Å². The number of nitro benzene ring substituents is 1. The molecule has 2 unspecified atom stereocenters. The van der Waals surface area contributed by atoms with Gasteiger partial charge in [0.05, 0.1) is 11.5 Å². The van der Waals surface area contributed by atoms with Crippen molar-refractivity contribution in [2.45, 2.75) is 18.9 Å². The van der Waals surface area contributed by atoms with Gasteiger partial charge in [0.15, 0.2) is 0 Å². The van der Waals surface area contributed by atoms with Crippen LogP contribution in [0.25, 0.3) is 0 Å². The van der Waals surface area contributed by atoms with Crippen molar-refractivity contribution in [3.8, 4) is 0 Å². The summed E-state index contributed by atoms with van der Waals surface area (Å²) in [6, 6.07) is 4.17. The number of nitro groups is 1. The van der Waals surface area contributed by atoms with E-state index in [-0.39, 0.29) is 12.0 Å². The molecule has 1 fully saturated rings. The molecule has 18 heavy (non-hydrogen) atoms. The quantitative estimate of drug-likeness (QED) is 0.657. The van der Waals surface area contributed by atoms with Crippen LogP contribution in [0.2, 0.25) is 0 Å². The number of hydrogen-bond acceptors (Lipinski definition) is 4. The summed E-state index contributed by atoms with van der Waals surface area (Å²) in [6.07, 6.45) is 1.11. The number of benzene rings is 1. The van der Waals surface area contributed by atoms with Crippen molar-refractivity contribution in [1.29, 1.82) is 0 Å². The van der Waals surface area contributed by atoms with Gasteiger partial charge >= 0.3 is 5.69 Å². The van der Waals surface area contributed by atoms with E-state index in [0.717, 1.165) is 12.5 Å². The molecule has 0 aliphatic carbocycles. The first-order valence-electron chi connectivity index (χ1n) is 5.84. The fourth-order valence-electron chi connectivity index (χ4n) is 2.17. The summed E-state index contributed by atoms with van der Waals surface area (Å²) in [5, 5.41) is 10.6. The second-order valence-electron chi connectivity index (χ2n) is 4.50. The minimum atomic E-state index is -0.764. The Morgan fingerprint density at radius 1 is 1.56 bits per heavy atom. The van der Waals surface area contributed by atoms with Crippen LogP contribution in [0.3, 0.4) is 0 Å². The molecular weight excluding hydrogens is 239 g/mol. The van der Waals surface area contributed by atoms with Crippen LogP contribution in [-0.4, -0.2) is 24.2 Å². The first-order chi connectivity index (χ1) is 8.59. The van der Waals surface area contributed by atoms with Crippen LogP contribution < -0.4 is 5.73 Å². The minimum Gasteiger partial charge on any atom is -0.381 e. The monoisotopic (exact) mass is 254 g/mol. The number of nitrogens with zero attached hydrogens (tertiary/aromatic N) is 1. The zero-order valence-electron chi connectivity index (χ0n) is 9.84. The molecule has 0 bridgehead atoms. The van der Waals surface area contributed by atoms with Crippen molar-refractivity contribution in [3.05, 3.63) is 39.7 Å². The van der Waals surface area contributed by atoms with E-state index in [4.69, 9.17) is 10.5 Å². The average molecular weight is 254 g/mol. The van der Waals surface area contributed by atoms with E-state index in [1.54, 1.807) is 6.07 Å². The molecule has 1 aromatic rings. The third-order valence-corrected chi connectivity index (χ3v) is 3.27. The zero-order valence-corrected chi connectivity index (χ0v) is 9.84. The number of ether oxygens (including phenoxy) is 1. The fourth-order valence-corrected chi connectivity index (χ4v) is 2.17. The standard InChI is InChI=1S/C12H15FN2O3/c13-12-8(2-1-3-11(12)15(16)17)6-9-7-18-5-4-10(9)14/h1-3,9-10H,4-7,14H2. The third kappa shape index (κ3) is 2.65. The van der Waals surface area contributed by atoms with Crippen molar-refractivity contribution in [1.82, 2.24) is 0 Å². The molecule has 0 spiro atoms. The van der Waals surface area contributed by atoms with Gasteiger partial charge in [-0.1, -0.05) is 12.1 Å². The molecule has 0 saturated carbocycles. The van der Waals surface area contributed by atoms with E-state index >= 15 is 0 Å². The lowest BCUT2D eigenvalue weighted by Gasteiger charge is -2.28. The van der Waals surface area contributed by atoms with Gasteiger partial charge in [0.1, 0.15) is 0 Å². The first-order valence-corrected chi connectivity index (χ1v) is 5.84. The Balaban J connectivity index is 2.18. The minimum absolute atomic E-state index is 0.00949. The van der Waals surface area contributed by atoms with Gasteiger partial charge in [-0.05, 0) is 18.4 Å². The Labute approximate surface area is 104 Å². The molecule has 1 saturated heterocycles. The van der Waals surface area contributed by atoms with Gasteiger partial charge in [-0.25, -0.2) is 0 Å². The maximum atomic E-state index is 13.9. The highest BCUT2D eigenvalue weighted by Gasteiger charge is 2.25. The first kappa shape index (κ1) is 12.9. The van der Waals surface area contributed by atoms with E-state index in [0.29, 0.717) is 25.2 Å². The van der Waals surface area contributed by atoms with Gasteiger partial charge in [-0.3, -0.25) is 10.1 Å². The predicted octanol–water partition coefficient (Wildman–Crippen LogP) is 1.64. The summed E-state index contributed by atoms with van der Waals surface area (Å²) in [5.74, 6) is -0.754. The Hall–Kier alpha value is -1.53. The largest absolute Gasteiger partial charge is 0.381 e. The number of hydrogen-bond donors (Lipinski definition) is 1. The molecule has 2 atom stereocenters. The summed E-state index contributed by atoms with van der Waals surface area (Å²) in [5.41, 5.74) is 5.78. The molecule has 1 aliphatic heterocycles. The second-order valence-corrected chi connectivity index (χ2v) is 4.50. The van der Waals surface area contributed by atoms with Crippen LogP contribution >= 0.6 is 0 Å². The van der Waals surface area contributed by atoms with Crippen LogP contribution in [0.4, 0.5) is 10.1 Å². The molecule has 0 aromatic heterocycles.